The van der Waals surface area contributed by atoms with Crippen molar-refractivity contribution in [2.24, 2.45) is 5.92 Å². The number of carboxylic acids is 1. The molecule has 1 aliphatic rings. The Morgan fingerprint density at radius 2 is 2.15 bits per heavy atom. The van der Waals surface area contributed by atoms with Crippen LogP contribution in [0.3, 0.4) is 0 Å². The Balaban J connectivity index is 1.99. The summed E-state index contributed by atoms with van der Waals surface area (Å²) < 4.78 is 11.4. The molecule has 0 aliphatic carbocycles. The van der Waals surface area contributed by atoms with E-state index in [4.69, 9.17) is 14.6 Å². The maximum Gasteiger partial charge on any atom is 0.308 e. The second-order valence-electron chi connectivity index (χ2n) is 6.78. The summed E-state index contributed by atoms with van der Waals surface area (Å²) in [6.45, 7) is 2.26. The number of rotatable bonds is 10. The maximum absolute atomic E-state index is 12.0. The van der Waals surface area contributed by atoms with E-state index < -0.39 is 11.9 Å². The zero-order valence-electron chi connectivity index (χ0n) is 15.7. The third kappa shape index (κ3) is 5.36. The molecule has 1 aliphatic heterocycles. The Morgan fingerprint density at radius 3 is 2.77 bits per heavy atom. The number of carboxylic acid groups (broad SMARTS) is 1. The van der Waals surface area contributed by atoms with E-state index in [0.29, 0.717) is 31.1 Å². The van der Waals surface area contributed by atoms with Crippen LogP contribution in [0.5, 0.6) is 11.5 Å². The lowest BCUT2D eigenvalue weighted by atomic mass is 10.1. The smallest absolute Gasteiger partial charge is 0.308 e. The van der Waals surface area contributed by atoms with Crippen molar-refractivity contribution in [3.05, 3.63) is 23.8 Å². The van der Waals surface area contributed by atoms with Crippen LogP contribution >= 0.6 is 0 Å². The highest BCUT2D eigenvalue weighted by Crippen LogP contribution is 2.32. The Morgan fingerprint density at radius 1 is 1.38 bits per heavy atom. The van der Waals surface area contributed by atoms with E-state index in [-0.39, 0.29) is 18.9 Å². The highest BCUT2D eigenvalue weighted by atomic mass is 16.5. The van der Waals surface area contributed by atoms with E-state index in [9.17, 15) is 9.59 Å². The van der Waals surface area contributed by atoms with Crippen LogP contribution in [0.2, 0.25) is 0 Å². The van der Waals surface area contributed by atoms with Gasteiger partial charge < -0.3 is 24.4 Å². The average molecular weight is 364 g/mol. The number of likely N-dealkylation sites (tertiary alicyclic amines) is 1. The lowest BCUT2D eigenvalue weighted by Crippen LogP contribution is -2.28. The van der Waals surface area contributed by atoms with Gasteiger partial charge in [-0.05, 0) is 38.6 Å². The Kier molecular flexibility index (Phi) is 7.26. The molecule has 144 valence electrons. The van der Waals surface area contributed by atoms with Gasteiger partial charge in [0, 0.05) is 26.1 Å². The standard InChI is InChI=1S/C19H28N2O5/c1-20(2)9-5-11-26-18-14(6-4-7-16(18)25-3)8-10-21-13-15(19(23)24)12-17(21)22/h4,6-7,15H,5,8-13H2,1-3H3,(H,23,24). The fraction of sp³-hybridized carbons (Fsp3) is 0.579. The van der Waals surface area contributed by atoms with Gasteiger partial charge in [-0.1, -0.05) is 12.1 Å². The fourth-order valence-electron chi connectivity index (χ4n) is 3.05. The van der Waals surface area contributed by atoms with Gasteiger partial charge in [0.15, 0.2) is 11.5 Å². The second kappa shape index (κ2) is 9.43. The fourth-order valence-corrected chi connectivity index (χ4v) is 3.05. The predicted octanol–water partition coefficient (Wildman–Crippen LogP) is 1.50. The quantitative estimate of drug-likeness (QED) is 0.634. The van der Waals surface area contributed by atoms with Crippen LogP contribution < -0.4 is 9.47 Å². The van der Waals surface area contributed by atoms with Crippen molar-refractivity contribution in [2.75, 3.05) is 47.4 Å². The Hall–Kier alpha value is -2.28. The van der Waals surface area contributed by atoms with Crippen LogP contribution in [0, 0.1) is 5.92 Å². The molecule has 1 unspecified atom stereocenters. The monoisotopic (exact) mass is 364 g/mol. The highest BCUT2D eigenvalue weighted by molar-refractivity contribution is 5.86. The van der Waals surface area contributed by atoms with Gasteiger partial charge in [-0.2, -0.15) is 0 Å². The van der Waals surface area contributed by atoms with Gasteiger partial charge in [-0.25, -0.2) is 0 Å². The molecule has 0 radical (unpaired) electrons. The number of para-hydroxylation sites is 1. The Labute approximate surface area is 154 Å². The normalized spacial score (nSPS) is 17.0. The molecule has 1 N–H and O–H groups in total. The van der Waals surface area contributed by atoms with E-state index in [1.807, 2.05) is 32.3 Å². The number of carbonyl (C=O) groups is 2. The second-order valence-corrected chi connectivity index (χ2v) is 6.78. The first-order valence-corrected chi connectivity index (χ1v) is 8.86. The summed E-state index contributed by atoms with van der Waals surface area (Å²) in [7, 11) is 5.64. The first-order valence-electron chi connectivity index (χ1n) is 8.86. The number of methoxy groups -OCH3 is 1. The summed E-state index contributed by atoms with van der Waals surface area (Å²) in [6, 6.07) is 5.71. The molecule has 1 amide bonds. The minimum Gasteiger partial charge on any atom is -0.493 e. The number of hydrogen-bond donors (Lipinski definition) is 1. The van der Waals surface area contributed by atoms with Gasteiger partial charge in [0.05, 0.1) is 19.6 Å². The summed E-state index contributed by atoms with van der Waals surface area (Å²) in [5, 5.41) is 9.09. The van der Waals surface area contributed by atoms with Crippen molar-refractivity contribution in [2.45, 2.75) is 19.3 Å². The molecule has 1 heterocycles. The molecule has 0 saturated carbocycles. The summed E-state index contributed by atoms with van der Waals surface area (Å²) in [5.74, 6) is -0.242. The minimum atomic E-state index is -0.910. The number of aliphatic carboxylic acids is 1. The van der Waals surface area contributed by atoms with Crippen molar-refractivity contribution in [3.63, 3.8) is 0 Å². The van der Waals surface area contributed by atoms with Crippen molar-refractivity contribution in [1.82, 2.24) is 9.80 Å². The van der Waals surface area contributed by atoms with Gasteiger partial charge in [0.1, 0.15) is 0 Å². The van der Waals surface area contributed by atoms with Gasteiger partial charge in [0.2, 0.25) is 5.91 Å². The largest absolute Gasteiger partial charge is 0.493 e. The van der Waals surface area contributed by atoms with Crippen LogP contribution in [0.25, 0.3) is 0 Å². The maximum atomic E-state index is 12.0. The number of carbonyl (C=O) groups excluding carboxylic acids is 1. The topological polar surface area (TPSA) is 79.3 Å². The number of benzene rings is 1. The first-order chi connectivity index (χ1) is 12.4. The highest BCUT2D eigenvalue weighted by Gasteiger charge is 2.33. The summed E-state index contributed by atoms with van der Waals surface area (Å²) in [6.07, 6.45) is 1.58. The van der Waals surface area contributed by atoms with E-state index in [1.165, 1.54) is 0 Å². The van der Waals surface area contributed by atoms with E-state index in [0.717, 1.165) is 18.5 Å². The third-order valence-corrected chi connectivity index (χ3v) is 4.49. The van der Waals surface area contributed by atoms with Crippen molar-refractivity contribution in [1.29, 1.82) is 0 Å². The number of nitrogens with zero attached hydrogens (tertiary/aromatic N) is 2. The molecule has 7 heteroatoms. The Bertz CT molecular complexity index is 632. The molecule has 1 atom stereocenters. The molecule has 0 spiro atoms. The van der Waals surface area contributed by atoms with Crippen LogP contribution in [-0.4, -0.2) is 74.2 Å². The molecule has 2 rings (SSSR count). The van der Waals surface area contributed by atoms with E-state index >= 15 is 0 Å². The van der Waals surface area contributed by atoms with Crippen LogP contribution in [0.1, 0.15) is 18.4 Å². The van der Waals surface area contributed by atoms with Crippen molar-refractivity contribution in [3.8, 4) is 11.5 Å². The number of amides is 1. The molecule has 1 aromatic rings. The van der Waals surface area contributed by atoms with Gasteiger partial charge in [0.25, 0.3) is 0 Å². The molecule has 26 heavy (non-hydrogen) atoms. The molecular weight excluding hydrogens is 336 g/mol. The summed E-state index contributed by atoms with van der Waals surface area (Å²) in [4.78, 5) is 26.8. The predicted molar refractivity (Wildman–Crippen MR) is 97.7 cm³/mol. The number of ether oxygens (including phenoxy) is 2. The molecule has 0 aromatic heterocycles. The van der Waals surface area contributed by atoms with Crippen LogP contribution in [-0.2, 0) is 16.0 Å². The molecule has 1 saturated heterocycles. The SMILES string of the molecule is COc1cccc(CCN2CC(C(=O)O)CC2=O)c1OCCCN(C)C. The van der Waals surface area contributed by atoms with E-state index in [1.54, 1.807) is 12.0 Å². The zero-order valence-corrected chi connectivity index (χ0v) is 15.7. The van der Waals surface area contributed by atoms with Crippen molar-refractivity contribution < 1.29 is 24.2 Å². The molecular formula is C19H28N2O5. The molecule has 7 nitrogen and oxygen atoms in total. The summed E-state index contributed by atoms with van der Waals surface area (Å²) >= 11 is 0. The van der Waals surface area contributed by atoms with Crippen LogP contribution in [0.4, 0.5) is 0 Å². The third-order valence-electron chi connectivity index (χ3n) is 4.49. The number of hydrogen-bond acceptors (Lipinski definition) is 5. The molecule has 1 fully saturated rings. The van der Waals surface area contributed by atoms with Gasteiger partial charge in [-0.15, -0.1) is 0 Å². The van der Waals surface area contributed by atoms with Gasteiger partial charge in [-0.3, -0.25) is 9.59 Å². The lowest BCUT2D eigenvalue weighted by molar-refractivity contribution is -0.141. The van der Waals surface area contributed by atoms with E-state index in [2.05, 4.69) is 4.90 Å². The van der Waals surface area contributed by atoms with Crippen LogP contribution in [0.15, 0.2) is 18.2 Å². The molecule has 1 aromatic carbocycles. The zero-order chi connectivity index (χ0) is 19.1. The summed E-state index contributed by atoms with van der Waals surface area (Å²) in [5.41, 5.74) is 0.959. The minimum absolute atomic E-state index is 0.0847. The molecule has 0 bridgehead atoms. The van der Waals surface area contributed by atoms with Gasteiger partial charge >= 0.3 is 5.97 Å². The lowest BCUT2D eigenvalue weighted by Gasteiger charge is -2.19. The van der Waals surface area contributed by atoms with Crippen molar-refractivity contribution >= 4 is 11.9 Å². The first kappa shape index (κ1) is 20.0. The average Bonchev–Trinajstić information content (AvgIpc) is 2.98.